The lowest BCUT2D eigenvalue weighted by Crippen LogP contribution is -2.26. The van der Waals surface area contributed by atoms with Crippen LogP contribution in [0, 0.1) is 0 Å². The lowest BCUT2D eigenvalue weighted by Gasteiger charge is -2.05. The highest BCUT2D eigenvalue weighted by atomic mass is 32.2. The van der Waals surface area contributed by atoms with Crippen molar-refractivity contribution in [1.29, 1.82) is 0 Å². The van der Waals surface area contributed by atoms with Gasteiger partial charge in [-0.3, -0.25) is 9.63 Å². The van der Waals surface area contributed by atoms with Crippen molar-refractivity contribution in [2.45, 2.75) is 17.9 Å². The van der Waals surface area contributed by atoms with Crippen molar-refractivity contribution in [2.75, 3.05) is 6.61 Å². The first-order chi connectivity index (χ1) is 10.9. The summed E-state index contributed by atoms with van der Waals surface area (Å²) in [5, 5.41) is 20.6. The number of aliphatic hydroxyl groups excluding tert-OH is 1. The van der Waals surface area contributed by atoms with E-state index in [2.05, 4.69) is 20.4 Å². The highest BCUT2D eigenvalue weighted by Crippen LogP contribution is 2.09. The van der Waals surface area contributed by atoms with E-state index in [1.807, 2.05) is 0 Å². The Morgan fingerprint density at radius 3 is 2.61 bits per heavy atom. The average Bonchev–Trinajstić information content (AvgIpc) is 2.99. The third-order valence-corrected chi connectivity index (χ3v) is 3.76. The van der Waals surface area contributed by atoms with E-state index >= 15 is 0 Å². The first-order valence-corrected chi connectivity index (χ1v) is 7.92. The summed E-state index contributed by atoms with van der Waals surface area (Å²) in [5.74, 6) is -0.695. The molecule has 0 aliphatic heterocycles. The van der Waals surface area contributed by atoms with Gasteiger partial charge in [0.2, 0.25) is 10.0 Å². The molecule has 4 N–H and O–H groups in total. The van der Waals surface area contributed by atoms with Crippen LogP contribution in [0.25, 0.3) is 0 Å². The zero-order valence-electron chi connectivity index (χ0n) is 11.8. The van der Waals surface area contributed by atoms with Crippen LogP contribution in [0.2, 0.25) is 0 Å². The van der Waals surface area contributed by atoms with Gasteiger partial charge in [0.25, 0.3) is 5.91 Å². The second-order valence-corrected chi connectivity index (χ2v) is 6.00. The molecule has 0 fully saturated rings. The fourth-order valence-corrected chi connectivity index (χ4v) is 2.18. The van der Waals surface area contributed by atoms with Gasteiger partial charge >= 0.3 is 0 Å². The van der Waals surface area contributed by atoms with E-state index in [0.29, 0.717) is 6.42 Å². The first kappa shape index (κ1) is 17.0. The van der Waals surface area contributed by atoms with E-state index in [1.54, 1.807) is 12.1 Å². The van der Waals surface area contributed by atoms with Crippen molar-refractivity contribution in [1.82, 2.24) is 15.8 Å². The van der Waals surface area contributed by atoms with Gasteiger partial charge in [-0.15, -0.1) is 0 Å². The number of sulfonamides is 1. The second kappa shape index (κ2) is 7.28. The number of rotatable bonds is 7. The maximum absolute atomic E-state index is 11.7. The zero-order valence-corrected chi connectivity index (χ0v) is 12.6. The van der Waals surface area contributed by atoms with Crippen molar-refractivity contribution in [2.24, 2.45) is 5.14 Å². The topological polar surface area (TPSA) is 158 Å². The number of hydrogen-bond acceptors (Lipinski definition) is 8. The summed E-state index contributed by atoms with van der Waals surface area (Å²) in [5.41, 5.74) is 2.78. The van der Waals surface area contributed by atoms with Crippen molar-refractivity contribution in [3.8, 4) is 0 Å². The molecule has 0 unspecified atom stereocenters. The van der Waals surface area contributed by atoms with Gasteiger partial charge in [-0.1, -0.05) is 17.3 Å². The number of amides is 1. The smallest absolute Gasteiger partial charge is 0.299 e. The Hall–Kier alpha value is -2.34. The van der Waals surface area contributed by atoms with Crippen molar-refractivity contribution >= 4 is 15.9 Å². The molecule has 0 spiro atoms. The van der Waals surface area contributed by atoms with Crippen LogP contribution in [-0.4, -0.2) is 36.4 Å². The van der Waals surface area contributed by atoms with Gasteiger partial charge in [0.15, 0.2) is 5.69 Å². The number of nitrogens with one attached hydrogen (secondary N) is 1. The van der Waals surface area contributed by atoms with Crippen LogP contribution in [-0.2, 0) is 27.9 Å². The first-order valence-electron chi connectivity index (χ1n) is 6.38. The molecule has 1 aromatic carbocycles. The van der Waals surface area contributed by atoms with Crippen LogP contribution < -0.4 is 10.6 Å². The van der Waals surface area contributed by atoms with Gasteiger partial charge in [-0.05, 0) is 29.3 Å². The number of nitrogens with two attached hydrogens (primary N) is 1. The summed E-state index contributed by atoms with van der Waals surface area (Å²) in [7, 11) is -3.72. The molecule has 0 radical (unpaired) electrons. The number of aromatic nitrogens is 2. The Labute approximate surface area is 131 Å². The van der Waals surface area contributed by atoms with Gasteiger partial charge in [0.1, 0.15) is 5.69 Å². The molecule has 1 heterocycles. The quantitative estimate of drug-likeness (QED) is 0.432. The van der Waals surface area contributed by atoms with Crippen LogP contribution in [0.3, 0.4) is 0 Å². The molecule has 1 aromatic heterocycles. The Morgan fingerprint density at radius 1 is 1.30 bits per heavy atom. The largest absolute Gasteiger partial charge is 0.390 e. The molecule has 124 valence electrons. The lowest BCUT2D eigenvalue weighted by molar-refractivity contribution is 0.0314. The van der Waals surface area contributed by atoms with E-state index < -0.39 is 22.5 Å². The Balaban J connectivity index is 1.80. The van der Waals surface area contributed by atoms with Crippen LogP contribution in [0.4, 0.5) is 0 Å². The minimum absolute atomic E-state index is 0.00434. The summed E-state index contributed by atoms with van der Waals surface area (Å²) in [6.45, 7) is -0.344. The SMILES string of the molecule is NS(=O)(=O)c1ccc(CCONC(=O)c2nonc2CO)cc1. The molecule has 1 amide bonds. The van der Waals surface area contributed by atoms with E-state index in [0.717, 1.165) is 5.56 Å². The number of primary sulfonamides is 1. The summed E-state index contributed by atoms with van der Waals surface area (Å²) >= 11 is 0. The standard InChI is InChI=1S/C12H14N4O6S/c13-23(19,20)9-3-1-8(2-4-9)5-6-21-16-12(18)11-10(7-17)14-22-15-11/h1-4,17H,5-7H2,(H,16,18)(H2,13,19,20). The molecule has 0 atom stereocenters. The summed E-state index contributed by atoms with van der Waals surface area (Å²) in [6, 6.07) is 5.96. The van der Waals surface area contributed by atoms with Gasteiger partial charge < -0.3 is 5.11 Å². The number of nitrogens with zero attached hydrogens (tertiary/aromatic N) is 2. The molecule has 11 heteroatoms. The minimum atomic E-state index is -3.72. The number of carbonyl (C=O) groups is 1. The number of carbonyl (C=O) groups excluding carboxylic acids is 1. The van der Waals surface area contributed by atoms with Gasteiger partial charge in [-0.25, -0.2) is 23.7 Å². The highest BCUT2D eigenvalue weighted by molar-refractivity contribution is 7.89. The number of aliphatic hydroxyl groups is 1. The van der Waals surface area contributed by atoms with Gasteiger partial charge in [0, 0.05) is 0 Å². The van der Waals surface area contributed by atoms with Crippen LogP contribution in [0.5, 0.6) is 0 Å². The second-order valence-electron chi connectivity index (χ2n) is 4.44. The molecule has 2 rings (SSSR count). The third-order valence-electron chi connectivity index (χ3n) is 2.83. The average molecular weight is 342 g/mol. The summed E-state index contributed by atoms with van der Waals surface area (Å²) in [4.78, 5) is 16.7. The lowest BCUT2D eigenvalue weighted by atomic mass is 10.2. The van der Waals surface area contributed by atoms with Crippen molar-refractivity contribution in [3.05, 3.63) is 41.2 Å². The maximum Gasteiger partial charge on any atom is 0.299 e. The Kier molecular flexibility index (Phi) is 5.39. The molecule has 0 bridgehead atoms. The molecular weight excluding hydrogens is 328 g/mol. The summed E-state index contributed by atoms with van der Waals surface area (Å²) < 4.78 is 26.6. The molecule has 0 saturated carbocycles. The van der Waals surface area contributed by atoms with E-state index in [-0.39, 0.29) is 22.9 Å². The van der Waals surface area contributed by atoms with Crippen LogP contribution in [0.15, 0.2) is 33.8 Å². The number of benzene rings is 1. The molecule has 0 aliphatic carbocycles. The molecular formula is C12H14N4O6S. The molecule has 23 heavy (non-hydrogen) atoms. The highest BCUT2D eigenvalue weighted by Gasteiger charge is 2.17. The third kappa shape index (κ3) is 4.56. The normalized spacial score (nSPS) is 11.4. The van der Waals surface area contributed by atoms with E-state index in [1.165, 1.54) is 12.1 Å². The van der Waals surface area contributed by atoms with Crippen LogP contribution in [0.1, 0.15) is 21.7 Å². The van der Waals surface area contributed by atoms with Crippen molar-refractivity contribution < 1.29 is 27.8 Å². The summed E-state index contributed by atoms with van der Waals surface area (Å²) in [6.07, 6.45) is 0.426. The molecule has 2 aromatic rings. The monoisotopic (exact) mass is 342 g/mol. The number of hydroxylamine groups is 1. The molecule has 0 saturated heterocycles. The molecule has 10 nitrogen and oxygen atoms in total. The Morgan fingerprint density at radius 2 is 2.00 bits per heavy atom. The van der Waals surface area contributed by atoms with Crippen molar-refractivity contribution in [3.63, 3.8) is 0 Å². The predicted octanol–water partition coefficient (Wildman–Crippen LogP) is -0.887. The fraction of sp³-hybridized carbons (Fsp3) is 0.250. The predicted molar refractivity (Wildman–Crippen MR) is 75.2 cm³/mol. The van der Waals surface area contributed by atoms with Gasteiger partial charge in [-0.2, -0.15) is 0 Å². The van der Waals surface area contributed by atoms with Crippen LogP contribution >= 0.6 is 0 Å². The maximum atomic E-state index is 11.7. The number of hydrogen-bond donors (Lipinski definition) is 3. The Bertz CT molecular complexity index is 771. The molecule has 0 aliphatic rings. The zero-order chi connectivity index (χ0) is 16.9. The van der Waals surface area contributed by atoms with E-state index in [9.17, 15) is 13.2 Å². The minimum Gasteiger partial charge on any atom is -0.390 e. The fourth-order valence-electron chi connectivity index (χ4n) is 1.66. The van der Waals surface area contributed by atoms with E-state index in [4.69, 9.17) is 15.1 Å². The van der Waals surface area contributed by atoms with Gasteiger partial charge in [0.05, 0.1) is 18.1 Å².